The van der Waals surface area contributed by atoms with Crippen molar-refractivity contribution < 1.29 is 4.79 Å². The van der Waals surface area contributed by atoms with Crippen LogP contribution in [0.3, 0.4) is 0 Å². The molecule has 1 aliphatic heterocycles. The van der Waals surface area contributed by atoms with Crippen molar-refractivity contribution in [1.29, 1.82) is 0 Å². The molecular formula is C19H20N6O. The van der Waals surface area contributed by atoms with E-state index >= 15 is 0 Å². The van der Waals surface area contributed by atoms with Gasteiger partial charge in [0, 0.05) is 30.6 Å². The van der Waals surface area contributed by atoms with Crippen molar-refractivity contribution in [2.75, 3.05) is 18.0 Å². The highest BCUT2D eigenvalue weighted by atomic mass is 16.2. The van der Waals surface area contributed by atoms with E-state index in [0.717, 1.165) is 55.2 Å². The standard InChI is InChI=1S/C19H20N6O/c26-19(14-6-7-14)20-15-10-11-24(12-15)17-9-8-16-21-22-18(25(16)23-17)13-4-2-1-3-5-13/h1-5,8-9,14-15H,6-7,10-12H2,(H,20,26). The molecule has 26 heavy (non-hydrogen) atoms. The second kappa shape index (κ2) is 6.09. The molecule has 7 heteroatoms. The molecule has 0 bridgehead atoms. The summed E-state index contributed by atoms with van der Waals surface area (Å²) in [5.74, 6) is 2.09. The van der Waals surface area contributed by atoms with Crippen LogP contribution in [0.25, 0.3) is 17.0 Å². The van der Waals surface area contributed by atoms with Crippen molar-refractivity contribution in [2.45, 2.75) is 25.3 Å². The molecule has 3 heterocycles. The van der Waals surface area contributed by atoms with Gasteiger partial charge in [0.05, 0.1) is 0 Å². The maximum absolute atomic E-state index is 12.0. The molecular weight excluding hydrogens is 328 g/mol. The van der Waals surface area contributed by atoms with Crippen LogP contribution in [0, 0.1) is 5.92 Å². The van der Waals surface area contributed by atoms with E-state index in [1.54, 1.807) is 4.52 Å². The first-order valence-electron chi connectivity index (χ1n) is 9.11. The van der Waals surface area contributed by atoms with Crippen LogP contribution in [0.1, 0.15) is 19.3 Å². The van der Waals surface area contributed by atoms with E-state index in [2.05, 4.69) is 20.4 Å². The third-order valence-corrected chi connectivity index (χ3v) is 5.09. The zero-order valence-corrected chi connectivity index (χ0v) is 14.4. The Labute approximate surface area is 151 Å². The molecule has 1 aliphatic carbocycles. The van der Waals surface area contributed by atoms with Gasteiger partial charge in [-0.3, -0.25) is 4.79 Å². The van der Waals surface area contributed by atoms with Gasteiger partial charge < -0.3 is 10.2 Å². The number of nitrogens with zero attached hydrogens (tertiary/aromatic N) is 5. The molecule has 132 valence electrons. The van der Waals surface area contributed by atoms with Gasteiger partial charge in [-0.25, -0.2) is 0 Å². The average Bonchev–Trinajstić information content (AvgIpc) is 3.29. The van der Waals surface area contributed by atoms with Gasteiger partial charge in [-0.15, -0.1) is 15.3 Å². The minimum Gasteiger partial charge on any atom is -0.353 e. The monoisotopic (exact) mass is 348 g/mol. The molecule has 1 N–H and O–H groups in total. The highest BCUT2D eigenvalue weighted by Gasteiger charge is 2.33. The Morgan fingerprint density at radius 2 is 1.88 bits per heavy atom. The number of hydrogen-bond acceptors (Lipinski definition) is 5. The van der Waals surface area contributed by atoms with E-state index in [1.165, 1.54) is 0 Å². The van der Waals surface area contributed by atoms with Crippen LogP contribution in [-0.2, 0) is 4.79 Å². The molecule has 1 atom stereocenters. The quantitative estimate of drug-likeness (QED) is 0.779. The summed E-state index contributed by atoms with van der Waals surface area (Å²) in [5, 5.41) is 16.4. The fourth-order valence-corrected chi connectivity index (χ4v) is 3.47. The average molecular weight is 348 g/mol. The summed E-state index contributed by atoms with van der Waals surface area (Å²) in [6.45, 7) is 1.68. The van der Waals surface area contributed by atoms with E-state index < -0.39 is 0 Å². The number of aromatic nitrogens is 4. The Balaban J connectivity index is 1.38. The fourth-order valence-electron chi connectivity index (χ4n) is 3.47. The van der Waals surface area contributed by atoms with Crippen molar-refractivity contribution in [3.8, 4) is 11.4 Å². The largest absolute Gasteiger partial charge is 0.353 e. The second-order valence-corrected chi connectivity index (χ2v) is 7.07. The summed E-state index contributed by atoms with van der Waals surface area (Å²) in [6.07, 6.45) is 3.03. The summed E-state index contributed by atoms with van der Waals surface area (Å²) in [6, 6.07) is 14.1. The number of hydrogen-bond donors (Lipinski definition) is 1. The highest BCUT2D eigenvalue weighted by Crippen LogP contribution is 2.29. The Morgan fingerprint density at radius 3 is 2.69 bits per heavy atom. The molecule has 7 nitrogen and oxygen atoms in total. The van der Waals surface area contributed by atoms with E-state index in [1.807, 2.05) is 42.5 Å². The first-order chi connectivity index (χ1) is 12.8. The molecule has 0 spiro atoms. The first kappa shape index (κ1) is 15.3. The van der Waals surface area contributed by atoms with Gasteiger partial charge in [0.25, 0.3) is 0 Å². The topological polar surface area (TPSA) is 75.4 Å². The molecule has 2 aromatic heterocycles. The number of anilines is 1. The number of benzene rings is 1. The lowest BCUT2D eigenvalue weighted by Crippen LogP contribution is -2.38. The van der Waals surface area contributed by atoms with Gasteiger partial charge >= 0.3 is 0 Å². The fraction of sp³-hybridized carbons (Fsp3) is 0.368. The molecule has 1 amide bonds. The lowest BCUT2D eigenvalue weighted by molar-refractivity contribution is -0.122. The third kappa shape index (κ3) is 2.79. The van der Waals surface area contributed by atoms with Gasteiger partial charge in [0.2, 0.25) is 5.91 Å². The minimum absolute atomic E-state index is 0.204. The van der Waals surface area contributed by atoms with Gasteiger partial charge in [0.15, 0.2) is 11.5 Å². The van der Waals surface area contributed by atoms with Crippen LogP contribution in [0.2, 0.25) is 0 Å². The van der Waals surface area contributed by atoms with Crippen LogP contribution in [0.15, 0.2) is 42.5 Å². The number of carbonyl (C=O) groups is 1. The SMILES string of the molecule is O=C(NC1CCN(c2ccc3nnc(-c4ccccc4)n3n2)C1)C1CC1. The molecule has 2 aliphatic rings. The van der Waals surface area contributed by atoms with Crippen LogP contribution in [0.4, 0.5) is 5.82 Å². The van der Waals surface area contributed by atoms with Gasteiger partial charge in [-0.05, 0) is 31.4 Å². The minimum atomic E-state index is 0.204. The van der Waals surface area contributed by atoms with Crippen molar-refractivity contribution in [3.05, 3.63) is 42.5 Å². The summed E-state index contributed by atoms with van der Waals surface area (Å²) in [4.78, 5) is 14.2. The zero-order valence-electron chi connectivity index (χ0n) is 14.4. The molecule has 5 rings (SSSR count). The molecule has 1 aromatic carbocycles. The maximum atomic E-state index is 12.0. The third-order valence-electron chi connectivity index (χ3n) is 5.09. The predicted octanol–water partition coefficient (Wildman–Crippen LogP) is 1.90. The van der Waals surface area contributed by atoms with E-state index in [0.29, 0.717) is 0 Å². The Kier molecular flexibility index (Phi) is 3.58. The number of nitrogens with one attached hydrogen (secondary N) is 1. The van der Waals surface area contributed by atoms with Gasteiger partial charge in [0.1, 0.15) is 5.82 Å². The summed E-state index contributed by atoms with van der Waals surface area (Å²) >= 11 is 0. The van der Waals surface area contributed by atoms with Gasteiger partial charge in [-0.2, -0.15) is 4.52 Å². The van der Waals surface area contributed by atoms with E-state index in [-0.39, 0.29) is 17.9 Å². The lowest BCUT2D eigenvalue weighted by Gasteiger charge is -2.18. The molecule has 0 radical (unpaired) electrons. The first-order valence-corrected chi connectivity index (χ1v) is 9.11. The molecule has 3 aromatic rings. The van der Waals surface area contributed by atoms with Crippen molar-refractivity contribution >= 4 is 17.4 Å². The number of amides is 1. The predicted molar refractivity (Wildman–Crippen MR) is 97.7 cm³/mol. The lowest BCUT2D eigenvalue weighted by atomic mass is 10.2. The van der Waals surface area contributed by atoms with Crippen LogP contribution in [0.5, 0.6) is 0 Å². The molecule has 1 saturated carbocycles. The molecule has 1 unspecified atom stereocenters. The van der Waals surface area contributed by atoms with Gasteiger partial charge in [-0.1, -0.05) is 30.3 Å². The summed E-state index contributed by atoms with van der Waals surface area (Å²) in [7, 11) is 0. The Hall–Kier alpha value is -2.96. The van der Waals surface area contributed by atoms with E-state index in [9.17, 15) is 4.79 Å². The van der Waals surface area contributed by atoms with Crippen LogP contribution in [-0.4, -0.2) is 44.8 Å². The molecule has 2 fully saturated rings. The maximum Gasteiger partial charge on any atom is 0.223 e. The summed E-state index contributed by atoms with van der Waals surface area (Å²) in [5.41, 5.74) is 1.71. The van der Waals surface area contributed by atoms with Crippen molar-refractivity contribution in [2.24, 2.45) is 5.92 Å². The summed E-state index contributed by atoms with van der Waals surface area (Å²) < 4.78 is 1.79. The number of rotatable bonds is 4. The van der Waals surface area contributed by atoms with Crippen molar-refractivity contribution in [1.82, 2.24) is 25.1 Å². The van der Waals surface area contributed by atoms with Crippen molar-refractivity contribution in [3.63, 3.8) is 0 Å². The smallest absolute Gasteiger partial charge is 0.223 e. The van der Waals surface area contributed by atoms with Crippen LogP contribution >= 0.6 is 0 Å². The Bertz CT molecular complexity index is 949. The second-order valence-electron chi connectivity index (χ2n) is 7.07. The zero-order chi connectivity index (χ0) is 17.5. The van der Waals surface area contributed by atoms with E-state index in [4.69, 9.17) is 5.10 Å². The number of carbonyl (C=O) groups excluding carboxylic acids is 1. The Morgan fingerprint density at radius 1 is 1.04 bits per heavy atom. The highest BCUT2D eigenvalue weighted by molar-refractivity contribution is 5.81. The number of fused-ring (bicyclic) bond motifs is 1. The normalized spacial score (nSPS) is 19.8. The molecule has 1 saturated heterocycles. The van der Waals surface area contributed by atoms with Crippen LogP contribution < -0.4 is 10.2 Å².